The van der Waals surface area contributed by atoms with Crippen LogP contribution in [0.3, 0.4) is 0 Å². The first-order chi connectivity index (χ1) is 9.56. The van der Waals surface area contributed by atoms with Gasteiger partial charge in [0, 0.05) is 30.7 Å². The number of carbonyl (C=O) groups excluding carboxylic acids is 1. The second kappa shape index (κ2) is 6.81. The Morgan fingerprint density at radius 3 is 2.75 bits per heavy atom. The fourth-order valence-electron chi connectivity index (χ4n) is 2.25. The number of aliphatic carboxylic acids is 1. The largest absolute Gasteiger partial charge is 0.481 e. The minimum absolute atomic E-state index is 0.0297. The fraction of sp³-hybridized carbons (Fsp3) is 0.615. The summed E-state index contributed by atoms with van der Waals surface area (Å²) in [6, 6.07) is 0. The van der Waals surface area contributed by atoms with E-state index in [9.17, 15) is 9.59 Å². The number of amides is 1. The van der Waals surface area contributed by atoms with Crippen molar-refractivity contribution in [1.29, 1.82) is 0 Å². The highest BCUT2D eigenvalue weighted by atomic mass is 32.1. The predicted octanol–water partition coefficient (Wildman–Crippen LogP) is 0.864. The molecule has 0 aliphatic carbocycles. The molecule has 1 amide bonds. The number of aryl methyl sites for hydroxylation is 1. The Morgan fingerprint density at radius 2 is 2.20 bits per heavy atom. The van der Waals surface area contributed by atoms with Crippen molar-refractivity contribution in [2.45, 2.75) is 26.3 Å². The number of carbonyl (C=O) groups is 2. The smallest absolute Gasteiger partial charge is 0.306 e. The number of piperidine rings is 1. The van der Waals surface area contributed by atoms with Crippen LogP contribution >= 0.6 is 11.3 Å². The molecule has 1 saturated heterocycles. The Balaban J connectivity index is 1.69. The molecule has 1 aromatic rings. The normalized spacial score (nSPS) is 16.4. The molecule has 0 unspecified atom stereocenters. The quantitative estimate of drug-likeness (QED) is 0.842. The third-order valence-electron chi connectivity index (χ3n) is 3.42. The molecule has 1 fully saturated rings. The molecule has 0 radical (unpaired) electrons. The summed E-state index contributed by atoms with van der Waals surface area (Å²) in [6.07, 6.45) is 1.10. The van der Waals surface area contributed by atoms with Crippen LogP contribution in [0, 0.1) is 12.8 Å². The minimum Gasteiger partial charge on any atom is -0.481 e. The zero-order chi connectivity index (χ0) is 14.5. The number of likely N-dealkylation sites (tertiary alicyclic amines) is 1. The van der Waals surface area contributed by atoms with Gasteiger partial charge in [-0.1, -0.05) is 0 Å². The minimum atomic E-state index is -0.755. The van der Waals surface area contributed by atoms with E-state index < -0.39 is 5.97 Å². The lowest BCUT2D eigenvalue weighted by atomic mass is 9.97. The number of aromatic nitrogens is 1. The zero-order valence-corrected chi connectivity index (χ0v) is 12.3. The van der Waals surface area contributed by atoms with Crippen LogP contribution in [0.5, 0.6) is 0 Å². The molecule has 110 valence electrons. The molecule has 0 bridgehead atoms. The zero-order valence-electron chi connectivity index (χ0n) is 11.5. The van der Waals surface area contributed by atoms with Gasteiger partial charge in [-0.05, 0) is 19.8 Å². The Kier molecular flexibility index (Phi) is 5.08. The lowest BCUT2D eigenvalue weighted by Crippen LogP contribution is -2.43. The third kappa shape index (κ3) is 4.01. The molecule has 2 heterocycles. The van der Waals surface area contributed by atoms with Gasteiger partial charge in [0.05, 0.1) is 12.5 Å². The van der Waals surface area contributed by atoms with E-state index in [1.54, 1.807) is 16.2 Å². The number of nitrogens with one attached hydrogen (secondary N) is 1. The first kappa shape index (κ1) is 14.9. The number of carboxylic acid groups (broad SMARTS) is 1. The van der Waals surface area contributed by atoms with Crippen LogP contribution < -0.4 is 5.32 Å². The van der Waals surface area contributed by atoms with Crippen molar-refractivity contribution < 1.29 is 14.7 Å². The van der Waals surface area contributed by atoms with Gasteiger partial charge in [0.15, 0.2) is 0 Å². The molecule has 1 aromatic heterocycles. The summed E-state index contributed by atoms with van der Waals surface area (Å²) in [4.78, 5) is 28.9. The number of nitrogens with zero attached hydrogens (tertiary/aromatic N) is 2. The number of hydrogen-bond donors (Lipinski definition) is 2. The van der Waals surface area contributed by atoms with Crippen LogP contribution in [-0.4, -0.2) is 46.5 Å². The predicted molar refractivity (Wildman–Crippen MR) is 75.5 cm³/mol. The highest BCUT2D eigenvalue weighted by molar-refractivity contribution is 7.09. The standard InChI is InChI=1S/C13H19N3O3S/c1-9-8-20-11(15-9)6-14-7-12(17)16-4-2-10(3-5-16)13(18)19/h8,10,14H,2-7H2,1H3,(H,18,19). The number of carboxylic acids is 1. The highest BCUT2D eigenvalue weighted by Crippen LogP contribution is 2.17. The molecule has 2 rings (SSSR count). The summed E-state index contributed by atoms with van der Waals surface area (Å²) in [5, 5.41) is 15.0. The maximum absolute atomic E-state index is 12.0. The van der Waals surface area contributed by atoms with E-state index in [1.807, 2.05) is 12.3 Å². The van der Waals surface area contributed by atoms with Crippen LogP contribution in [-0.2, 0) is 16.1 Å². The average Bonchev–Trinajstić information content (AvgIpc) is 2.84. The van der Waals surface area contributed by atoms with Gasteiger partial charge in [0.2, 0.25) is 5.91 Å². The highest BCUT2D eigenvalue weighted by Gasteiger charge is 2.26. The second-order valence-electron chi connectivity index (χ2n) is 4.98. The molecule has 0 aromatic carbocycles. The third-order valence-corrected chi connectivity index (χ3v) is 4.38. The molecule has 6 nitrogen and oxygen atoms in total. The summed E-state index contributed by atoms with van der Waals surface area (Å²) < 4.78 is 0. The fourth-order valence-corrected chi connectivity index (χ4v) is 2.99. The molecule has 0 saturated carbocycles. The Labute approximate surface area is 121 Å². The summed E-state index contributed by atoms with van der Waals surface area (Å²) in [7, 11) is 0. The molecular weight excluding hydrogens is 278 g/mol. The van der Waals surface area contributed by atoms with E-state index >= 15 is 0 Å². The monoisotopic (exact) mass is 297 g/mol. The molecule has 1 aliphatic rings. The van der Waals surface area contributed by atoms with Crippen molar-refractivity contribution in [1.82, 2.24) is 15.2 Å². The SMILES string of the molecule is Cc1csc(CNCC(=O)N2CCC(C(=O)O)CC2)n1. The molecule has 0 spiro atoms. The number of thiazole rings is 1. The topological polar surface area (TPSA) is 82.5 Å². The van der Waals surface area contributed by atoms with Crippen molar-refractivity contribution in [2.75, 3.05) is 19.6 Å². The van der Waals surface area contributed by atoms with Crippen molar-refractivity contribution >= 4 is 23.2 Å². The number of rotatable bonds is 5. The lowest BCUT2D eigenvalue weighted by Gasteiger charge is -2.30. The summed E-state index contributed by atoms with van der Waals surface area (Å²) in [5.74, 6) is -1.03. The molecule has 0 atom stereocenters. The Bertz CT molecular complexity index is 481. The van der Waals surface area contributed by atoms with Gasteiger partial charge in [-0.3, -0.25) is 9.59 Å². The van der Waals surface area contributed by atoms with Crippen molar-refractivity contribution in [2.24, 2.45) is 5.92 Å². The first-order valence-corrected chi connectivity index (χ1v) is 7.56. The molecular formula is C13H19N3O3S. The Hall–Kier alpha value is -1.47. The van der Waals surface area contributed by atoms with Gasteiger partial charge in [-0.2, -0.15) is 0 Å². The molecule has 20 heavy (non-hydrogen) atoms. The van der Waals surface area contributed by atoms with E-state index in [1.165, 1.54) is 0 Å². The van der Waals surface area contributed by atoms with Crippen molar-refractivity contribution in [3.63, 3.8) is 0 Å². The van der Waals surface area contributed by atoms with Crippen LogP contribution in [0.25, 0.3) is 0 Å². The molecule has 7 heteroatoms. The van der Waals surface area contributed by atoms with E-state index in [4.69, 9.17) is 5.11 Å². The van der Waals surface area contributed by atoms with Crippen LogP contribution in [0.4, 0.5) is 0 Å². The van der Waals surface area contributed by atoms with Crippen LogP contribution in [0.1, 0.15) is 23.5 Å². The average molecular weight is 297 g/mol. The van der Waals surface area contributed by atoms with E-state index in [0.29, 0.717) is 32.5 Å². The van der Waals surface area contributed by atoms with Gasteiger partial charge in [0.1, 0.15) is 5.01 Å². The molecule has 1 aliphatic heterocycles. The van der Waals surface area contributed by atoms with Gasteiger partial charge in [-0.25, -0.2) is 4.98 Å². The maximum Gasteiger partial charge on any atom is 0.306 e. The number of hydrogen-bond acceptors (Lipinski definition) is 5. The Morgan fingerprint density at radius 1 is 1.50 bits per heavy atom. The van der Waals surface area contributed by atoms with Gasteiger partial charge < -0.3 is 15.3 Å². The summed E-state index contributed by atoms with van der Waals surface area (Å²) in [5.41, 5.74) is 0.994. The maximum atomic E-state index is 12.0. The van der Waals surface area contributed by atoms with E-state index in [2.05, 4.69) is 10.3 Å². The van der Waals surface area contributed by atoms with E-state index in [0.717, 1.165) is 10.7 Å². The summed E-state index contributed by atoms with van der Waals surface area (Å²) in [6.45, 7) is 3.88. The van der Waals surface area contributed by atoms with Crippen molar-refractivity contribution in [3.05, 3.63) is 16.1 Å². The second-order valence-corrected chi connectivity index (χ2v) is 5.92. The van der Waals surface area contributed by atoms with Gasteiger partial charge in [0.25, 0.3) is 0 Å². The van der Waals surface area contributed by atoms with Crippen molar-refractivity contribution in [3.8, 4) is 0 Å². The van der Waals surface area contributed by atoms with E-state index in [-0.39, 0.29) is 18.4 Å². The van der Waals surface area contributed by atoms with Gasteiger partial charge >= 0.3 is 5.97 Å². The molecule has 2 N–H and O–H groups in total. The van der Waals surface area contributed by atoms with Crippen LogP contribution in [0.15, 0.2) is 5.38 Å². The van der Waals surface area contributed by atoms with Gasteiger partial charge in [-0.15, -0.1) is 11.3 Å². The first-order valence-electron chi connectivity index (χ1n) is 6.68. The van der Waals surface area contributed by atoms with Crippen LogP contribution in [0.2, 0.25) is 0 Å². The lowest BCUT2D eigenvalue weighted by molar-refractivity contribution is -0.145. The summed E-state index contributed by atoms with van der Waals surface area (Å²) >= 11 is 1.58.